The van der Waals surface area contributed by atoms with Crippen molar-refractivity contribution < 1.29 is 9.90 Å². The molecule has 0 fully saturated rings. The van der Waals surface area contributed by atoms with Crippen LogP contribution in [0.25, 0.3) is 17.0 Å². The van der Waals surface area contributed by atoms with Gasteiger partial charge in [0.1, 0.15) is 6.42 Å². The molecular formula is C15H14N4O2. The van der Waals surface area contributed by atoms with Crippen LogP contribution in [0, 0.1) is 13.8 Å². The molecule has 3 rings (SSSR count). The maximum atomic E-state index is 10.8. The van der Waals surface area contributed by atoms with Crippen LogP contribution in [0.3, 0.4) is 0 Å². The first-order chi connectivity index (χ1) is 10.0. The van der Waals surface area contributed by atoms with Crippen LogP contribution in [0.5, 0.6) is 0 Å². The van der Waals surface area contributed by atoms with Crippen LogP contribution in [0.1, 0.15) is 17.0 Å². The Hall–Kier alpha value is -2.76. The van der Waals surface area contributed by atoms with E-state index in [1.165, 1.54) is 0 Å². The van der Waals surface area contributed by atoms with E-state index in [2.05, 4.69) is 27.2 Å². The van der Waals surface area contributed by atoms with Gasteiger partial charge in [-0.1, -0.05) is 17.7 Å². The van der Waals surface area contributed by atoms with E-state index in [1.807, 2.05) is 26.0 Å². The van der Waals surface area contributed by atoms with E-state index in [-0.39, 0.29) is 12.2 Å². The van der Waals surface area contributed by atoms with Crippen molar-refractivity contribution in [3.8, 4) is 11.3 Å². The number of carboxylic acid groups (broad SMARTS) is 1. The standard InChI is InChI=1S/C15H14N4O2/c1-9-3-4-10(2)11(7-9)12-5-6-16-15-17-13(8-14(20)21)18-19(12)15/h3-7H,8H2,1-2H3,(H,20,21). The van der Waals surface area contributed by atoms with Crippen molar-refractivity contribution in [2.75, 3.05) is 0 Å². The predicted octanol–water partition coefficient (Wildman–Crippen LogP) is 2.04. The van der Waals surface area contributed by atoms with E-state index in [4.69, 9.17) is 5.11 Å². The zero-order chi connectivity index (χ0) is 15.0. The minimum atomic E-state index is -0.959. The van der Waals surface area contributed by atoms with Crippen molar-refractivity contribution in [3.05, 3.63) is 47.4 Å². The van der Waals surface area contributed by atoms with Crippen LogP contribution in [0.15, 0.2) is 30.5 Å². The number of aromatic nitrogens is 4. The molecule has 0 atom stereocenters. The second-order valence-electron chi connectivity index (χ2n) is 4.96. The van der Waals surface area contributed by atoms with E-state index in [0.29, 0.717) is 5.78 Å². The molecule has 0 saturated heterocycles. The molecule has 0 unspecified atom stereocenters. The van der Waals surface area contributed by atoms with Crippen LogP contribution in [0.4, 0.5) is 0 Å². The lowest BCUT2D eigenvalue weighted by Crippen LogP contribution is -2.02. The summed E-state index contributed by atoms with van der Waals surface area (Å²) in [5.74, 6) is -0.295. The van der Waals surface area contributed by atoms with Gasteiger partial charge in [-0.3, -0.25) is 4.79 Å². The summed E-state index contributed by atoms with van der Waals surface area (Å²) < 4.78 is 1.60. The van der Waals surface area contributed by atoms with E-state index < -0.39 is 5.97 Å². The van der Waals surface area contributed by atoms with Gasteiger partial charge in [-0.2, -0.15) is 9.50 Å². The van der Waals surface area contributed by atoms with Gasteiger partial charge in [0.25, 0.3) is 5.78 Å². The lowest BCUT2D eigenvalue weighted by Gasteiger charge is -2.08. The highest BCUT2D eigenvalue weighted by atomic mass is 16.4. The largest absolute Gasteiger partial charge is 0.481 e. The highest BCUT2D eigenvalue weighted by Gasteiger charge is 2.13. The number of hydrogen-bond acceptors (Lipinski definition) is 4. The second-order valence-corrected chi connectivity index (χ2v) is 4.96. The Balaban J connectivity index is 2.20. The summed E-state index contributed by atoms with van der Waals surface area (Å²) in [4.78, 5) is 19.1. The third kappa shape index (κ3) is 2.47. The highest BCUT2D eigenvalue weighted by molar-refractivity contribution is 5.69. The minimum absolute atomic E-state index is 0.213. The molecule has 0 spiro atoms. The third-order valence-corrected chi connectivity index (χ3v) is 3.26. The molecule has 6 heteroatoms. The lowest BCUT2D eigenvalue weighted by molar-refractivity contribution is -0.136. The Morgan fingerprint density at radius 3 is 2.86 bits per heavy atom. The number of carboxylic acids is 1. The van der Waals surface area contributed by atoms with Gasteiger partial charge < -0.3 is 5.11 Å². The molecule has 0 bridgehead atoms. The van der Waals surface area contributed by atoms with Gasteiger partial charge in [0.2, 0.25) is 0 Å². The van der Waals surface area contributed by atoms with Crippen LogP contribution in [0.2, 0.25) is 0 Å². The Kier molecular flexibility index (Phi) is 3.13. The number of fused-ring (bicyclic) bond motifs is 1. The van der Waals surface area contributed by atoms with Crippen LogP contribution < -0.4 is 0 Å². The molecule has 2 heterocycles. The molecule has 1 aromatic carbocycles. The van der Waals surface area contributed by atoms with Gasteiger partial charge in [-0.05, 0) is 31.5 Å². The molecule has 6 nitrogen and oxygen atoms in total. The summed E-state index contributed by atoms with van der Waals surface area (Å²) in [6.45, 7) is 4.05. The summed E-state index contributed by atoms with van der Waals surface area (Å²) in [5.41, 5.74) is 4.15. The van der Waals surface area contributed by atoms with Crippen molar-refractivity contribution in [1.29, 1.82) is 0 Å². The fourth-order valence-electron chi connectivity index (χ4n) is 2.26. The van der Waals surface area contributed by atoms with Crippen LogP contribution >= 0.6 is 0 Å². The fourth-order valence-corrected chi connectivity index (χ4v) is 2.26. The fraction of sp³-hybridized carbons (Fsp3) is 0.200. The number of benzene rings is 1. The Labute approximate surface area is 121 Å². The normalized spacial score (nSPS) is 11.0. The van der Waals surface area contributed by atoms with Crippen molar-refractivity contribution in [1.82, 2.24) is 19.6 Å². The van der Waals surface area contributed by atoms with E-state index >= 15 is 0 Å². The van der Waals surface area contributed by atoms with Crippen molar-refractivity contribution in [3.63, 3.8) is 0 Å². The summed E-state index contributed by atoms with van der Waals surface area (Å²) in [6.07, 6.45) is 1.45. The first-order valence-electron chi connectivity index (χ1n) is 6.54. The second kappa shape index (κ2) is 4.97. The van der Waals surface area contributed by atoms with Crippen molar-refractivity contribution >= 4 is 11.7 Å². The first kappa shape index (κ1) is 13.2. The number of hydrogen-bond donors (Lipinski definition) is 1. The number of aryl methyl sites for hydroxylation is 2. The van der Waals surface area contributed by atoms with Crippen molar-refractivity contribution in [2.24, 2.45) is 0 Å². The van der Waals surface area contributed by atoms with Crippen LogP contribution in [-0.2, 0) is 11.2 Å². The Morgan fingerprint density at radius 1 is 1.29 bits per heavy atom. The van der Waals surface area contributed by atoms with E-state index in [0.717, 1.165) is 22.4 Å². The molecule has 0 aliphatic rings. The van der Waals surface area contributed by atoms with Gasteiger partial charge in [-0.15, -0.1) is 5.10 Å². The molecule has 106 valence electrons. The van der Waals surface area contributed by atoms with Gasteiger partial charge >= 0.3 is 5.97 Å². The monoisotopic (exact) mass is 282 g/mol. The summed E-state index contributed by atoms with van der Waals surface area (Å²) >= 11 is 0. The van der Waals surface area contributed by atoms with Gasteiger partial charge in [0.15, 0.2) is 5.82 Å². The molecule has 0 saturated carbocycles. The third-order valence-electron chi connectivity index (χ3n) is 3.26. The molecule has 0 aliphatic heterocycles. The SMILES string of the molecule is Cc1ccc(C)c(-c2ccnc3nc(CC(=O)O)nn23)c1. The molecule has 0 aliphatic carbocycles. The maximum absolute atomic E-state index is 10.8. The number of carbonyl (C=O) groups is 1. The molecule has 0 radical (unpaired) electrons. The number of aliphatic carboxylic acids is 1. The molecular weight excluding hydrogens is 268 g/mol. The van der Waals surface area contributed by atoms with Crippen molar-refractivity contribution in [2.45, 2.75) is 20.3 Å². The Morgan fingerprint density at radius 2 is 2.10 bits per heavy atom. The summed E-state index contributed by atoms with van der Waals surface area (Å²) in [6, 6.07) is 8.02. The minimum Gasteiger partial charge on any atom is -0.481 e. The van der Waals surface area contributed by atoms with Crippen LogP contribution in [-0.4, -0.2) is 30.7 Å². The topological polar surface area (TPSA) is 80.4 Å². The molecule has 21 heavy (non-hydrogen) atoms. The Bertz CT molecular complexity index is 839. The molecule has 2 aromatic heterocycles. The molecule has 0 amide bonds. The van der Waals surface area contributed by atoms with Gasteiger partial charge in [0, 0.05) is 11.8 Å². The molecule has 3 aromatic rings. The van der Waals surface area contributed by atoms with E-state index in [1.54, 1.807) is 10.7 Å². The quantitative estimate of drug-likeness (QED) is 0.795. The number of rotatable bonds is 3. The average Bonchev–Trinajstić information content (AvgIpc) is 2.82. The smallest absolute Gasteiger partial charge is 0.311 e. The average molecular weight is 282 g/mol. The predicted molar refractivity (Wildman–Crippen MR) is 77.0 cm³/mol. The molecule has 1 N–H and O–H groups in total. The first-order valence-corrected chi connectivity index (χ1v) is 6.54. The summed E-state index contributed by atoms with van der Waals surface area (Å²) in [5, 5.41) is 13.1. The lowest BCUT2D eigenvalue weighted by atomic mass is 10.0. The zero-order valence-corrected chi connectivity index (χ0v) is 11.7. The maximum Gasteiger partial charge on any atom is 0.311 e. The summed E-state index contributed by atoms with van der Waals surface area (Å²) in [7, 11) is 0. The van der Waals surface area contributed by atoms with Gasteiger partial charge in [0.05, 0.1) is 5.69 Å². The highest BCUT2D eigenvalue weighted by Crippen LogP contribution is 2.24. The number of nitrogens with zero attached hydrogens (tertiary/aromatic N) is 4. The zero-order valence-electron chi connectivity index (χ0n) is 11.7. The van der Waals surface area contributed by atoms with Gasteiger partial charge in [-0.25, -0.2) is 4.98 Å². The van der Waals surface area contributed by atoms with E-state index in [9.17, 15) is 4.79 Å².